The standard InChI is InChI=1S/C30H36O12/c1-15-24-20(40-28(15)36)10-17(4-3-5-18-12-21(24)41-29(18)37-2)13-39-30-27(35)26(34)25(33)22(42-30)14-38-23(32)11-16-6-8-19(31)9-7-16/h5-10,20-22,24-27,29-31,33-35H,1,3-4,11-14H2,2H3/b17-10-,18-5?/t20-,21+,22-,24+,25-,26+,27-,29+,30-/m1/s1. The van der Waals surface area contributed by atoms with Gasteiger partial charge in [0.2, 0.25) is 0 Å². The summed E-state index contributed by atoms with van der Waals surface area (Å²) in [6.45, 7) is 3.50. The number of phenolic OH excluding ortho intramolecular Hbond substituents is 1. The van der Waals surface area contributed by atoms with Crippen molar-refractivity contribution < 1.29 is 58.4 Å². The predicted octanol–water partition coefficient (Wildman–Crippen LogP) is 0.808. The van der Waals surface area contributed by atoms with E-state index in [9.17, 15) is 30.0 Å². The van der Waals surface area contributed by atoms with Gasteiger partial charge < -0.3 is 48.8 Å². The lowest BCUT2D eigenvalue weighted by molar-refractivity contribution is -0.299. The van der Waals surface area contributed by atoms with Crippen LogP contribution in [0.3, 0.4) is 0 Å². The summed E-state index contributed by atoms with van der Waals surface area (Å²) in [6, 6.07) is 6.05. The molecule has 4 aliphatic rings. The minimum absolute atomic E-state index is 0.0342. The first-order chi connectivity index (χ1) is 20.1. The number of allylic oxidation sites excluding steroid dienone is 1. The second-order valence-electron chi connectivity index (χ2n) is 10.9. The van der Waals surface area contributed by atoms with Gasteiger partial charge in [-0.25, -0.2) is 4.79 Å². The van der Waals surface area contributed by atoms with Crippen LogP contribution in [0.15, 0.2) is 59.7 Å². The van der Waals surface area contributed by atoms with E-state index in [0.29, 0.717) is 30.4 Å². The Hall–Kier alpha value is -3.10. The van der Waals surface area contributed by atoms with Crippen LogP contribution in [0.4, 0.5) is 0 Å². The summed E-state index contributed by atoms with van der Waals surface area (Å²) < 4.78 is 34.0. The van der Waals surface area contributed by atoms with E-state index in [2.05, 4.69) is 6.58 Å². The van der Waals surface area contributed by atoms with Crippen LogP contribution >= 0.6 is 0 Å². The average molecular weight is 589 g/mol. The van der Waals surface area contributed by atoms with Crippen molar-refractivity contribution in [1.82, 2.24) is 0 Å². The molecule has 9 atom stereocenters. The summed E-state index contributed by atoms with van der Waals surface area (Å²) in [5, 5.41) is 40.8. The van der Waals surface area contributed by atoms with E-state index in [1.807, 2.05) is 6.08 Å². The Kier molecular flexibility index (Phi) is 9.43. The van der Waals surface area contributed by atoms with Gasteiger partial charge in [-0.15, -0.1) is 0 Å². The Morgan fingerprint density at radius 1 is 1.10 bits per heavy atom. The Balaban J connectivity index is 1.23. The summed E-state index contributed by atoms with van der Waals surface area (Å²) in [4.78, 5) is 24.7. The molecule has 0 spiro atoms. The molecular formula is C30H36O12. The lowest BCUT2D eigenvalue weighted by atomic mass is 9.86. The van der Waals surface area contributed by atoms with Gasteiger partial charge in [-0.2, -0.15) is 0 Å². The number of aliphatic hydroxyl groups excluding tert-OH is 3. The van der Waals surface area contributed by atoms with E-state index in [1.165, 1.54) is 12.1 Å². The topological polar surface area (TPSA) is 170 Å². The summed E-state index contributed by atoms with van der Waals surface area (Å²) >= 11 is 0. The number of benzene rings is 1. The fourth-order valence-electron chi connectivity index (χ4n) is 5.67. The van der Waals surface area contributed by atoms with Crippen LogP contribution < -0.4 is 0 Å². The number of aromatic hydroxyl groups is 1. The minimum atomic E-state index is -1.62. The molecule has 3 saturated heterocycles. The zero-order valence-corrected chi connectivity index (χ0v) is 23.2. The number of hydrogen-bond acceptors (Lipinski definition) is 12. The molecule has 1 aromatic rings. The number of aliphatic hydroxyl groups is 3. The molecule has 5 rings (SSSR count). The first kappa shape index (κ1) is 30.4. The third-order valence-electron chi connectivity index (χ3n) is 7.98. The van der Waals surface area contributed by atoms with Crippen molar-refractivity contribution in [1.29, 1.82) is 0 Å². The molecule has 0 unspecified atom stereocenters. The van der Waals surface area contributed by atoms with E-state index in [1.54, 1.807) is 25.3 Å². The number of phenols is 1. The van der Waals surface area contributed by atoms with Crippen LogP contribution in [0.2, 0.25) is 0 Å². The molecular weight excluding hydrogens is 552 g/mol. The molecule has 3 heterocycles. The first-order valence-electron chi connectivity index (χ1n) is 13.9. The van der Waals surface area contributed by atoms with Crippen LogP contribution in [0, 0.1) is 5.92 Å². The van der Waals surface area contributed by atoms with Crippen molar-refractivity contribution >= 4 is 11.9 Å². The maximum Gasteiger partial charge on any atom is 0.334 e. The van der Waals surface area contributed by atoms with Crippen molar-refractivity contribution in [2.24, 2.45) is 5.92 Å². The quantitative estimate of drug-likeness (QED) is 0.192. The van der Waals surface area contributed by atoms with Crippen molar-refractivity contribution in [3.63, 3.8) is 0 Å². The molecule has 4 N–H and O–H groups in total. The lowest BCUT2D eigenvalue weighted by Gasteiger charge is -2.40. The highest BCUT2D eigenvalue weighted by Crippen LogP contribution is 2.41. The van der Waals surface area contributed by atoms with E-state index in [4.69, 9.17) is 28.4 Å². The maximum absolute atomic E-state index is 12.4. The summed E-state index contributed by atoms with van der Waals surface area (Å²) in [5.74, 6) is -1.45. The molecule has 0 saturated carbocycles. The number of carbonyl (C=O) groups excluding carboxylic acids is 2. The molecule has 228 valence electrons. The number of rotatable bonds is 8. The second kappa shape index (κ2) is 13.0. The predicted molar refractivity (Wildman–Crippen MR) is 144 cm³/mol. The lowest BCUT2D eigenvalue weighted by Crippen LogP contribution is -2.59. The fourth-order valence-corrected chi connectivity index (χ4v) is 5.67. The van der Waals surface area contributed by atoms with Crippen LogP contribution in [0.5, 0.6) is 5.75 Å². The third-order valence-corrected chi connectivity index (χ3v) is 7.98. The number of methoxy groups -OCH3 is 1. The number of fused-ring (bicyclic) bond motifs is 4. The van der Waals surface area contributed by atoms with Gasteiger partial charge in [-0.05, 0) is 47.8 Å². The second-order valence-corrected chi connectivity index (χ2v) is 10.9. The summed E-state index contributed by atoms with van der Waals surface area (Å²) in [7, 11) is 1.56. The fraction of sp³-hybridized carbons (Fsp3) is 0.533. The molecule has 1 aliphatic carbocycles. The van der Waals surface area contributed by atoms with Crippen molar-refractivity contribution in [2.45, 2.75) is 74.9 Å². The Morgan fingerprint density at radius 2 is 1.86 bits per heavy atom. The number of esters is 2. The minimum Gasteiger partial charge on any atom is -0.508 e. The number of carbonyl (C=O) groups is 2. The van der Waals surface area contributed by atoms with Gasteiger partial charge in [0.15, 0.2) is 12.6 Å². The van der Waals surface area contributed by atoms with Crippen molar-refractivity contribution in [2.75, 3.05) is 20.3 Å². The van der Waals surface area contributed by atoms with Crippen LogP contribution in [-0.4, -0.2) is 102 Å². The van der Waals surface area contributed by atoms with Gasteiger partial charge in [0.05, 0.1) is 25.0 Å². The van der Waals surface area contributed by atoms with E-state index >= 15 is 0 Å². The van der Waals surface area contributed by atoms with Gasteiger partial charge >= 0.3 is 11.9 Å². The molecule has 1 aromatic carbocycles. The van der Waals surface area contributed by atoms with Gasteiger partial charge in [0.1, 0.15) is 42.9 Å². The van der Waals surface area contributed by atoms with Crippen LogP contribution in [0.1, 0.15) is 24.8 Å². The molecule has 12 heteroatoms. The average Bonchev–Trinajstić information content (AvgIpc) is 3.49. The van der Waals surface area contributed by atoms with Crippen molar-refractivity contribution in [3.05, 3.63) is 65.3 Å². The molecule has 3 aliphatic heterocycles. The Labute approximate surface area is 242 Å². The zero-order chi connectivity index (χ0) is 30.0. The molecule has 0 aromatic heterocycles. The van der Waals surface area contributed by atoms with E-state index in [0.717, 1.165) is 11.1 Å². The first-order valence-corrected chi connectivity index (χ1v) is 13.9. The van der Waals surface area contributed by atoms with Gasteiger partial charge in [-0.1, -0.05) is 24.8 Å². The van der Waals surface area contributed by atoms with E-state index in [-0.39, 0.29) is 31.5 Å². The number of hydrogen-bond donors (Lipinski definition) is 4. The van der Waals surface area contributed by atoms with Gasteiger partial charge in [-0.3, -0.25) is 4.79 Å². The highest BCUT2D eigenvalue weighted by atomic mass is 16.7. The summed E-state index contributed by atoms with van der Waals surface area (Å²) in [5.41, 5.74) is 2.67. The Morgan fingerprint density at radius 3 is 2.60 bits per heavy atom. The highest BCUT2D eigenvalue weighted by Gasteiger charge is 2.48. The van der Waals surface area contributed by atoms with Crippen LogP contribution in [0.25, 0.3) is 0 Å². The molecule has 42 heavy (non-hydrogen) atoms. The molecule has 12 nitrogen and oxygen atoms in total. The molecule has 0 radical (unpaired) electrons. The van der Waals surface area contributed by atoms with Gasteiger partial charge in [0.25, 0.3) is 0 Å². The Bertz CT molecular complexity index is 1220. The highest BCUT2D eigenvalue weighted by molar-refractivity contribution is 5.91. The monoisotopic (exact) mass is 588 g/mol. The zero-order valence-electron chi connectivity index (χ0n) is 23.2. The van der Waals surface area contributed by atoms with Gasteiger partial charge in [0, 0.05) is 19.1 Å². The largest absolute Gasteiger partial charge is 0.508 e. The van der Waals surface area contributed by atoms with Crippen molar-refractivity contribution in [3.8, 4) is 5.75 Å². The normalized spacial score (nSPS) is 36.0. The third kappa shape index (κ3) is 6.60. The van der Waals surface area contributed by atoms with E-state index < -0.39 is 61.0 Å². The SMILES string of the molecule is C=C1C(=O)O[C@@H]2/C=C(\CO[C@@H]3O[C@H](COC(=O)Cc4ccc(O)cc4)[C@@H](O)[C@H](O)[C@H]3O)CCC=C3C[C@H](O[C@@H]3OC)[C@@H]12. The van der Waals surface area contributed by atoms with Crippen LogP contribution in [-0.2, 0) is 44.4 Å². The maximum atomic E-state index is 12.4. The molecule has 3 fully saturated rings. The number of ether oxygens (including phenoxy) is 6. The molecule has 0 amide bonds. The molecule has 2 bridgehead atoms. The summed E-state index contributed by atoms with van der Waals surface area (Å²) in [6.07, 6.45) is -3.20. The smallest absolute Gasteiger partial charge is 0.334 e.